The van der Waals surface area contributed by atoms with Crippen LogP contribution in [0.2, 0.25) is 0 Å². The Morgan fingerprint density at radius 3 is 2.50 bits per heavy atom. The molecule has 0 atom stereocenters. The smallest absolute Gasteiger partial charge is 0.359 e. The molecule has 0 saturated carbocycles. The maximum absolute atomic E-state index is 10.4. The molecule has 0 spiro atoms. The van der Waals surface area contributed by atoms with Gasteiger partial charge in [-0.1, -0.05) is 0 Å². The number of rotatable bonds is 6. The lowest BCUT2D eigenvalue weighted by Crippen LogP contribution is -2.46. The Balaban J connectivity index is 3.63. The van der Waals surface area contributed by atoms with Crippen molar-refractivity contribution in [2.45, 2.75) is 6.92 Å². The van der Waals surface area contributed by atoms with E-state index >= 15 is 0 Å². The van der Waals surface area contributed by atoms with Crippen molar-refractivity contribution < 1.29 is 19.1 Å². The monoisotopic (exact) mass is 176 g/mol. The van der Waals surface area contributed by atoms with E-state index in [9.17, 15) is 4.79 Å². The van der Waals surface area contributed by atoms with Gasteiger partial charge in [-0.25, -0.2) is 4.79 Å². The van der Waals surface area contributed by atoms with E-state index in [2.05, 4.69) is 0 Å². The highest BCUT2D eigenvalue weighted by Gasteiger charge is 2.18. The van der Waals surface area contributed by atoms with Gasteiger partial charge in [0, 0.05) is 6.61 Å². The first kappa shape index (κ1) is 11.4. The second-order valence-corrected chi connectivity index (χ2v) is 3.41. The first-order chi connectivity index (χ1) is 5.48. The van der Waals surface area contributed by atoms with Gasteiger partial charge < -0.3 is 14.3 Å². The highest BCUT2D eigenvalue weighted by molar-refractivity contribution is 5.67. The molecule has 0 saturated heterocycles. The number of carbonyl (C=O) groups is 1. The topological polar surface area (TPSA) is 46.5 Å². The van der Waals surface area contributed by atoms with E-state index in [-0.39, 0.29) is 6.54 Å². The number of ether oxygens (including phenoxy) is 1. The molecule has 0 unspecified atom stereocenters. The van der Waals surface area contributed by atoms with E-state index in [4.69, 9.17) is 9.84 Å². The molecule has 4 heteroatoms. The molecule has 0 aliphatic rings. The van der Waals surface area contributed by atoms with E-state index in [1.54, 1.807) is 0 Å². The van der Waals surface area contributed by atoms with Crippen LogP contribution in [0.25, 0.3) is 0 Å². The van der Waals surface area contributed by atoms with Crippen LogP contribution in [-0.2, 0) is 9.53 Å². The van der Waals surface area contributed by atoms with Crippen LogP contribution < -0.4 is 0 Å². The van der Waals surface area contributed by atoms with E-state index in [1.165, 1.54) is 0 Å². The Morgan fingerprint density at radius 2 is 2.08 bits per heavy atom. The quantitative estimate of drug-likeness (QED) is 0.464. The maximum atomic E-state index is 10.4. The lowest BCUT2D eigenvalue weighted by atomic mass is 10.4. The molecule has 0 aromatic carbocycles. The molecule has 12 heavy (non-hydrogen) atoms. The van der Waals surface area contributed by atoms with Crippen molar-refractivity contribution in [3.63, 3.8) is 0 Å². The minimum absolute atomic E-state index is 0.146. The van der Waals surface area contributed by atoms with Gasteiger partial charge in [-0.05, 0) is 6.92 Å². The van der Waals surface area contributed by atoms with Crippen molar-refractivity contribution in [3.05, 3.63) is 0 Å². The molecule has 0 bridgehead atoms. The molecule has 0 rings (SSSR count). The summed E-state index contributed by atoms with van der Waals surface area (Å²) in [7, 11) is 3.76. The molecule has 0 heterocycles. The van der Waals surface area contributed by atoms with Gasteiger partial charge in [-0.3, -0.25) is 0 Å². The summed E-state index contributed by atoms with van der Waals surface area (Å²) in [4.78, 5) is 10.4. The van der Waals surface area contributed by atoms with Crippen molar-refractivity contribution in [1.29, 1.82) is 0 Å². The van der Waals surface area contributed by atoms with Gasteiger partial charge in [-0.15, -0.1) is 0 Å². The Morgan fingerprint density at radius 1 is 1.50 bits per heavy atom. The molecule has 0 fully saturated rings. The van der Waals surface area contributed by atoms with Crippen molar-refractivity contribution in [2.75, 3.05) is 40.4 Å². The SMILES string of the molecule is CCOCC[N+](C)(C)CC(=O)O. The summed E-state index contributed by atoms with van der Waals surface area (Å²) >= 11 is 0. The van der Waals surface area contributed by atoms with Gasteiger partial charge in [-0.2, -0.15) is 0 Å². The van der Waals surface area contributed by atoms with Crippen LogP contribution in [-0.4, -0.2) is 56.0 Å². The largest absolute Gasteiger partial charge is 0.477 e. The molecule has 0 aromatic rings. The molecule has 0 amide bonds. The zero-order valence-electron chi connectivity index (χ0n) is 8.04. The molecule has 0 aromatic heterocycles. The third-order valence-corrected chi connectivity index (χ3v) is 1.61. The van der Waals surface area contributed by atoms with E-state index < -0.39 is 5.97 Å². The number of nitrogens with zero attached hydrogens (tertiary/aromatic N) is 1. The molecule has 4 nitrogen and oxygen atoms in total. The molecule has 0 aliphatic heterocycles. The fraction of sp³-hybridized carbons (Fsp3) is 0.875. The van der Waals surface area contributed by atoms with E-state index in [1.807, 2.05) is 21.0 Å². The van der Waals surface area contributed by atoms with Crippen LogP contribution in [0.5, 0.6) is 0 Å². The average Bonchev–Trinajstić information content (AvgIpc) is 1.84. The first-order valence-electron chi connectivity index (χ1n) is 4.09. The summed E-state index contributed by atoms with van der Waals surface area (Å²) in [5.74, 6) is -0.767. The molecule has 1 N–H and O–H groups in total. The van der Waals surface area contributed by atoms with Gasteiger partial charge in [0.2, 0.25) is 0 Å². The fourth-order valence-electron chi connectivity index (χ4n) is 0.901. The number of carboxylic acids is 1. The third kappa shape index (κ3) is 6.12. The lowest BCUT2D eigenvalue weighted by molar-refractivity contribution is -0.883. The minimum atomic E-state index is -0.767. The van der Waals surface area contributed by atoms with Crippen molar-refractivity contribution in [2.24, 2.45) is 0 Å². The minimum Gasteiger partial charge on any atom is -0.477 e. The normalized spacial score (nSPS) is 11.6. The second kappa shape index (κ2) is 5.11. The maximum Gasteiger partial charge on any atom is 0.359 e. The average molecular weight is 176 g/mol. The second-order valence-electron chi connectivity index (χ2n) is 3.41. The fourth-order valence-corrected chi connectivity index (χ4v) is 0.901. The lowest BCUT2D eigenvalue weighted by Gasteiger charge is -2.27. The van der Waals surface area contributed by atoms with Gasteiger partial charge in [0.15, 0.2) is 6.54 Å². The number of quaternary nitrogens is 1. The molecule has 72 valence electrons. The number of carboxylic acid groups (broad SMARTS) is 1. The van der Waals surface area contributed by atoms with Crippen LogP contribution in [0.4, 0.5) is 0 Å². The standard InChI is InChI=1S/C8H17NO3/c1-4-12-6-5-9(2,3)7-8(10)11/h4-7H2,1-3H3/p+1. The van der Waals surface area contributed by atoms with Crippen LogP contribution in [0.1, 0.15) is 6.92 Å². The zero-order valence-corrected chi connectivity index (χ0v) is 8.04. The first-order valence-corrected chi connectivity index (χ1v) is 4.09. The van der Waals surface area contributed by atoms with E-state index in [0.29, 0.717) is 17.7 Å². The van der Waals surface area contributed by atoms with Crippen LogP contribution >= 0.6 is 0 Å². The summed E-state index contributed by atoms with van der Waals surface area (Å²) in [6, 6.07) is 0. The van der Waals surface area contributed by atoms with Crippen LogP contribution in [0.15, 0.2) is 0 Å². The molecule has 0 radical (unpaired) electrons. The summed E-state index contributed by atoms with van der Waals surface area (Å²) in [5.41, 5.74) is 0. The van der Waals surface area contributed by atoms with Crippen LogP contribution in [0.3, 0.4) is 0 Å². The third-order valence-electron chi connectivity index (χ3n) is 1.61. The Hall–Kier alpha value is -0.610. The highest BCUT2D eigenvalue weighted by atomic mass is 16.5. The zero-order chi connectivity index (χ0) is 9.61. The Labute approximate surface area is 73.3 Å². The van der Waals surface area contributed by atoms with Gasteiger partial charge in [0.05, 0.1) is 20.7 Å². The van der Waals surface area contributed by atoms with Crippen LogP contribution in [0, 0.1) is 0 Å². The number of hydrogen-bond acceptors (Lipinski definition) is 2. The van der Waals surface area contributed by atoms with Crippen molar-refractivity contribution in [3.8, 4) is 0 Å². The summed E-state index contributed by atoms with van der Waals surface area (Å²) in [6.07, 6.45) is 0. The van der Waals surface area contributed by atoms with Crippen molar-refractivity contribution >= 4 is 5.97 Å². The van der Waals surface area contributed by atoms with Gasteiger partial charge >= 0.3 is 5.97 Å². The molecular weight excluding hydrogens is 158 g/mol. The van der Waals surface area contributed by atoms with Crippen molar-refractivity contribution in [1.82, 2.24) is 0 Å². The number of hydrogen-bond donors (Lipinski definition) is 1. The number of likely N-dealkylation sites (N-methyl/N-ethyl adjacent to an activating group) is 1. The highest BCUT2D eigenvalue weighted by Crippen LogP contribution is 1.95. The molecule has 0 aliphatic carbocycles. The predicted molar refractivity (Wildman–Crippen MR) is 46.0 cm³/mol. The van der Waals surface area contributed by atoms with Gasteiger partial charge in [0.1, 0.15) is 6.54 Å². The molecular formula is C8H18NO3+. The number of aliphatic carboxylic acids is 1. The Bertz CT molecular complexity index is 145. The summed E-state index contributed by atoms with van der Waals surface area (Å²) < 4.78 is 5.61. The summed E-state index contributed by atoms with van der Waals surface area (Å²) in [6.45, 7) is 4.12. The summed E-state index contributed by atoms with van der Waals surface area (Å²) in [5, 5.41) is 8.55. The van der Waals surface area contributed by atoms with Gasteiger partial charge in [0.25, 0.3) is 0 Å². The van der Waals surface area contributed by atoms with E-state index in [0.717, 1.165) is 6.54 Å². The Kier molecular flexibility index (Phi) is 4.85. The predicted octanol–water partition coefficient (Wildman–Crippen LogP) is 0.184.